The Balaban J connectivity index is 1.94. The van der Waals surface area contributed by atoms with Crippen LogP contribution in [0, 0.1) is 0 Å². The third-order valence-electron chi connectivity index (χ3n) is 3.26. The van der Waals surface area contributed by atoms with E-state index in [2.05, 4.69) is 15.5 Å². The minimum atomic E-state index is -0.523. The van der Waals surface area contributed by atoms with E-state index in [-0.39, 0.29) is 18.2 Å². The van der Waals surface area contributed by atoms with Crippen LogP contribution in [0.25, 0.3) is 10.9 Å². The van der Waals surface area contributed by atoms with Crippen molar-refractivity contribution in [2.24, 2.45) is 0 Å². The van der Waals surface area contributed by atoms with Gasteiger partial charge < -0.3 is 5.32 Å². The lowest BCUT2D eigenvalue weighted by Gasteiger charge is -2.13. The summed E-state index contributed by atoms with van der Waals surface area (Å²) in [5.41, 5.74) is 1.46. The lowest BCUT2D eigenvalue weighted by Crippen LogP contribution is -2.31. The first-order valence-electron chi connectivity index (χ1n) is 5.94. The lowest BCUT2D eigenvalue weighted by atomic mass is 10.2. The van der Waals surface area contributed by atoms with Crippen molar-refractivity contribution in [3.05, 3.63) is 30.5 Å². The van der Waals surface area contributed by atoms with Gasteiger partial charge >= 0.3 is 0 Å². The van der Waals surface area contributed by atoms with Crippen LogP contribution in [0.1, 0.15) is 6.42 Å². The second kappa shape index (κ2) is 4.31. The molecular formula is C13H12N4O2. The van der Waals surface area contributed by atoms with Crippen molar-refractivity contribution in [1.29, 1.82) is 0 Å². The number of anilines is 1. The second-order valence-electron chi connectivity index (χ2n) is 4.47. The number of hydrogen-bond acceptors (Lipinski definition) is 5. The van der Waals surface area contributed by atoms with Crippen LogP contribution in [0.3, 0.4) is 0 Å². The van der Waals surface area contributed by atoms with Crippen LogP contribution in [0.4, 0.5) is 5.69 Å². The summed E-state index contributed by atoms with van der Waals surface area (Å²) in [7, 11) is 1.50. The van der Waals surface area contributed by atoms with Gasteiger partial charge in [-0.1, -0.05) is 18.2 Å². The van der Waals surface area contributed by atoms with Gasteiger partial charge in [0, 0.05) is 12.4 Å². The summed E-state index contributed by atoms with van der Waals surface area (Å²) in [5.74, 6) is -0.389. The molecule has 2 aromatic rings. The molecular weight excluding hydrogens is 244 g/mol. The van der Waals surface area contributed by atoms with Crippen molar-refractivity contribution in [3.63, 3.8) is 0 Å². The van der Waals surface area contributed by atoms with E-state index < -0.39 is 6.04 Å². The number of nitrogens with zero attached hydrogens (tertiary/aromatic N) is 3. The normalized spacial score (nSPS) is 19.2. The zero-order chi connectivity index (χ0) is 13.4. The summed E-state index contributed by atoms with van der Waals surface area (Å²) in [4.78, 5) is 24.5. The first-order chi connectivity index (χ1) is 9.16. The molecule has 6 nitrogen and oxygen atoms in total. The van der Waals surface area contributed by atoms with Gasteiger partial charge in [0.15, 0.2) is 0 Å². The van der Waals surface area contributed by atoms with Crippen LogP contribution in [0.15, 0.2) is 30.5 Å². The smallest absolute Gasteiger partial charge is 0.251 e. The summed E-state index contributed by atoms with van der Waals surface area (Å²) in [6, 6.07) is 6.99. The van der Waals surface area contributed by atoms with Gasteiger partial charge in [-0.3, -0.25) is 14.5 Å². The van der Waals surface area contributed by atoms with Crippen LogP contribution < -0.4 is 5.32 Å². The number of benzene rings is 1. The Bertz CT molecular complexity index is 665. The molecule has 1 fully saturated rings. The molecule has 2 heterocycles. The molecule has 1 aliphatic rings. The zero-order valence-corrected chi connectivity index (χ0v) is 10.3. The number of nitrogens with one attached hydrogen (secondary N) is 1. The molecule has 1 N–H and O–H groups in total. The fourth-order valence-electron chi connectivity index (χ4n) is 2.18. The summed E-state index contributed by atoms with van der Waals surface area (Å²) >= 11 is 0. The van der Waals surface area contributed by atoms with Crippen molar-refractivity contribution < 1.29 is 9.59 Å². The molecule has 0 saturated carbocycles. The SMILES string of the molecule is CN1C(=O)CC(Nc2cnnc3ccccc23)C1=O. The molecule has 19 heavy (non-hydrogen) atoms. The maximum atomic E-state index is 11.9. The van der Waals surface area contributed by atoms with Gasteiger partial charge in [0.1, 0.15) is 6.04 Å². The van der Waals surface area contributed by atoms with Crippen LogP contribution >= 0.6 is 0 Å². The Morgan fingerprint density at radius 1 is 1.32 bits per heavy atom. The summed E-state index contributed by atoms with van der Waals surface area (Å²) < 4.78 is 0. The number of fused-ring (bicyclic) bond motifs is 1. The van der Waals surface area contributed by atoms with E-state index in [1.165, 1.54) is 7.05 Å². The second-order valence-corrected chi connectivity index (χ2v) is 4.47. The van der Waals surface area contributed by atoms with E-state index >= 15 is 0 Å². The molecule has 2 amide bonds. The number of rotatable bonds is 2. The summed E-state index contributed by atoms with van der Waals surface area (Å²) in [5, 5.41) is 11.9. The number of amides is 2. The van der Waals surface area contributed by atoms with E-state index in [0.29, 0.717) is 5.69 Å². The lowest BCUT2D eigenvalue weighted by molar-refractivity contribution is -0.136. The van der Waals surface area contributed by atoms with Crippen molar-refractivity contribution >= 4 is 28.4 Å². The maximum absolute atomic E-state index is 11.9. The number of imide groups is 1. The molecule has 1 atom stereocenters. The molecule has 1 saturated heterocycles. The molecule has 1 unspecified atom stereocenters. The van der Waals surface area contributed by atoms with Gasteiger partial charge in [-0.25, -0.2) is 0 Å². The van der Waals surface area contributed by atoms with Crippen LogP contribution in [-0.2, 0) is 9.59 Å². The van der Waals surface area contributed by atoms with Crippen LogP contribution in [0.5, 0.6) is 0 Å². The average Bonchev–Trinajstić information content (AvgIpc) is 2.67. The Morgan fingerprint density at radius 3 is 2.84 bits per heavy atom. The minimum Gasteiger partial charge on any atom is -0.371 e. The van der Waals surface area contributed by atoms with Crippen molar-refractivity contribution in [3.8, 4) is 0 Å². The van der Waals surface area contributed by atoms with Gasteiger partial charge in [0.2, 0.25) is 5.91 Å². The minimum absolute atomic E-state index is 0.172. The molecule has 0 bridgehead atoms. The summed E-state index contributed by atoms with van der Waals surface area (Å²) in [6.45, 7) is 0. The Labute approximate surface area is 109 Å². The van der Waals surface area contributed by atoms with Crippen molar-refractivity contribution in [2.45, 2.75) is 12.5 Å². The Kier molecular flexibility index (Phi) is 2.63. The topological polar surface area (TPSA) is 75.2 Å². The molecule has 0 radical (unpaired) electrons. The number of likely N-dealkylation sites (tertiary alicyclic amines) is 1. The quantitative estimate of drug-likeness (QED) is 0.804. The first kappa shape index (κ1) is 11.6. The maximum Gasteiger partial charge on any atom is 0.251 e. The molecule has 1 aromatic heterocycles. The Hall–Kier alpha value is -2.50. The molecule has 0 aliphatic carbocycles. The van der Waals surface area contributed by atoms with E-state index in [4.69, 9.17) is 0 Å². The van der Waals surface area contributed by atoms with Crippen LogP contribution in [-0.4, -0.2) is 40.0 Å². The van der Waals surface area contributed by atoms with Crippen LogP contribution in [0.2, 0.25) is 0 Å². The van der Waals surface area contributed by atoms with Gasteiger partial charge in [-0.15, -0.1) is 0 Å². The highest BCUT2D eigenvalue weighted by atomic mass is 16.2. The van der Waals surface area contributed by atoms with Crippen molar-refractivity contribution in [1.82, 2.24) is 15.1 Å². The molecule has 0 spiro atoms. The number of carbonyl (C=O) groups is 2. The molecule has 96 valence electrons. The van der Waals surface area contributed by atoms with Crippen molar-refractivity contribution in [2.75, 3.05) is 12.4 Å². The molecule has 1 aromatic carbocycles. The predicted molar refractivity (Wildman–Crippen MR) is 69.3 cm³/mol. The van der Waals surface area contributed by atoms with E-state index in [9.17, 15) is 9.59 Å². The van der Waals surface area contributed by atoms with Gasteiger partial charge in [0.05, 0.1) is 23.8 Å². The highest BCUT2D eigenvalue weighted by Crippen LogP contribution is 2.23. The van der Waals surface area contributed by atoms with E-state index in [0.717, 1.165) is 15.8 Å². The third kappa shape index (κ3) is 1.91. The van der Waals surface area contributed by atoms with E-state index in [1.807, 2.05) is 24.3 Å². The Morgan fingerprint density at radius 2 is 2.11 bits per heavy atom. The van der Waals surface area contributed by atoms with Gasteiger partial charge in [-0.05, 0) is 6.07 Å². The highest BCUT2D eigenvalue weighted by molar-refractivity contribution is 6.07. The molecule has 6 heteroatoms. The first-order valence-corrected chi connectivity index (χ1v) is 5.94. The third-order valence-corrected chi connectivity index (χ3v) is 3.26. The number of likely N-dealkylation sites (N-methyl/N-ethyl adjacent to an activating group) is 1. The predicted octanol–water partition coefficient (Wildman–Crippen LogP) is 0.799. The largest absolute Gasteiger partial charge is 0.371 e. The standard InChI is InChI=1S/C13H12N4O2/c1-17-12(18)6-10(13(17)19)15-11-7-14-16-9-5-3-2-4-8(9)11/h2-5,7,10H,6H2,1H3,(H,15,16). The fraction of sp³-hybridized carbons (Fsp3) is 0.231. The van der Waals surface area contributed by atoms with Gasteiger partial charge in [0.25, 0.3) is 5.91 Å². The number of aromatic nitrogens is 2. The van der Waals surface area contributed by atoms with Gasteiger partial charge in [-0.2, -0.15) is 10.2 Å². The molecule has 3 rings (SSSR count). The monoisotopic (exact) mass is 256 g/mol. The highest BCUT2D eigenvalue weighted by Gasteiger charge is 2.36. The van der Waals surface area contributed by atoms with E-state index in [1.54, 1.807) is 6.20 Å². The number of carbonyl (C=O) groups excluding carboxylic acids is 2. The molecule has 1 aliphatic heterocycles. The summed E-state index contributed by atoms with van der Waals surface area (Å²) in [6.07, 6.45) is 1.74. The fourth-order valence-corrected chi connectivity index (χ4v) is 2.18. The average molecular weight is 256 g/mol. The number of hydrogen-bond donors (Lipinski definition) is 1. The zero-order valence-electron chi connectivity index (χ0n) is 10.3.